The molecule has 2 aliphatic rings. The summed E-state index contributed by atoms with van der Waals surface area (Å²) in [5, 5.41) is 6.28. The maximum atomic E-state index is 5.53. The summed E-state index contributed by atoms with van der Waals surface area (Å²) in [4.78, 5) is 5.53. The first-order valence-corrected chi connectivity index (χ1v) is 14.6. The molecule has 0 saturated carbocycles. The molecule has 3 nitrogen and oxygen atoms in total. The minimum absolute atomic E-state index is 0.132. The highest BCUT2D eigenvalue weighted by Crippen LogP contribution is 2.45. The Labute approximate surface area is 246 Å². The van der Waals surface area contributed by atoms with E-state index in [0.29, 0.717) is 0 Å². The first-order chi connectivity index (χ1) is 20.6. The van der Waals surface area contributed by atoms with Gasteiger partial charge >= 0.3 is 0 Å². The van der Waals surface area contributed by atoms with Crippen molar-refractivity contribution in [3.63, 3.8) is 0 Å². The summed E-state index contributed by atoms with van der Waals surface area (Å²) >= 11 is 0. The summed E-state index contributed by atoms with van der Waals surface area (Å²) in [5.74, 6) is 0.860. The molecule has 1 aromatic heterocycles. The van der Waals surface area contributed by atoms with Gasteiger partial charge in [0.2, 0.25) is 5.96 Å². The van der Waals surface area contributed by atoms with Crippen molar-refractivity contribution >= 4 is 27.8 Å². The van der Waals surface area contributed by atoms with Gasteiger partial charge in [0.05, 0.1) is 11.0 Å². The number of allylic oxidation sites excluding steroid dienone is 1. The molecule has 1 aliphatic carbocycles. The fourth-order valence-corrected chi connectivity index (χ4v) is 6.56. The monoisotopic (exact) mass is 541 g/mol. The molecule has 8 rings (SSSR count). The molecule has 6 aromatic rings. The van der Waals surface area contributed by atoms with E-state index in [9.17, 15) is 0 Å². The number of hydrogen-bond donors (Lipinski definition) is 1. The van der Waals surface area contributed by atoms with E-state index in [0.717, 1.165) is 17.0 Å². The fourth-order valence-electron chi connectivity index (χ4n) is 6.56. The molecule has 0 amide bonds. The first-order valence-electron chi connectivity index (χ1n) is 14.6. The Kier molecular flexibility index (Phi) is 5.55. The Morgan fingerprint density at radius 1 is 0.619 bits per heavy atom. The second-order valence-corrected chi connectivity index (χ2v) is 11.8. The van der Waals surface area contributed by atoms with Gasteiger partial charge in [-0.1, -0.05) is 123 Å². The summed E-state index contributed by atoms with van der Waals surface area (Å²) in [6.45, 7) is 4.56. The van der Waals surface area contributed by atoms with E-state index in [4.69, 9.17) is 4.99 Å². The molecular weight excluding hydrogens is 510 g/mol. The molecule has 1 unspecified atom stereocenters. The van der Waals surface area contributed by atoms with Crippen LogP contribution >= 0.6 is 0 Å². The molecular formula is C39H31N3. The zero-order valence-corrected chi connectivity index (χ0v) is 23.8. The van der Waals surface area contributed by atoms with Crippen molar-refractivity contribution in [2.45, 2.75) is 19.9 Å². The normalized spacial score (nSPS) is 17.4. The van der Waals surface area contributed by atoms with Crippen molar-refractivity contribution < 1.29 is 0 Å². The maximum absolute atomic E-state index is 5.53. The predicted molar refractivity (Wildman–Crippen MR) is 175 cm³/mol. The van der Waals surface area contributed by atoms with Crippen LogP contribution in [0.2, 0.25) is 0 Å². The standard InChI is InChI=1S/C39H31N3/c1-39(2)22-21-33-36(30-24-28(26-13-5-3-6-14-26)23-29(25-30)27-15-7-4-8-16-27)40-38(41-37(33)39)42-34-19-11-9-17-31(34)32-18-10-12-20-35(32)42/h3-25,36H,1-2H3,(H,40,41). The van der Waals surface area contributed by atoms with Crippen LogP contribution in [0.4, 0.5) is 0 Å². The average Bonchev–Trinajstić information content (AvgIpc) is 3.55. The summed E-state index contributed by atoms with van der Waals surface area (Å²) in [6.07, 6.45) is 4.58. The van der Waals surface area contributed by atoms with Gasteiger partial charge in [-0.25, -0.2) is 4.99 Å². The van der Waals surface area contributed by atoms with Gasteiger partial charge < -0.3 is 5.32 Å². The Hall–Kier alpha value is -5.15. The van der Waals surface area contributed by atoms with Crippen molar-refractivity contribution in [2.75, 3.05) is 0 Å². The van der Waals surface area contributed by atoms with E-state index >= 15 is 0 Å². The van der Waals surface area contributed by atoms with Gasteiger partial charge in [0.25, 0.3) is 0 Å². The summed E-state index contributed by atoms with van der Waals surface area (Å²) < 4.78 is 2.30. The van der Waals surface area contributed by atoms with Crippen LogP contribution in [-0.2, 0) is 0 Å². The van der Waals surface area contributed by atoms with E-state index in [1.54, 1.807) is 0 Å². The van der Waals surface area contributed by atoms with Crippen molar-refractivity contribution in [2.24, 2.45) is 10.4 Å². The second kappa shape index (κ2) is 9.46. The summed E-state index contributed by atoms with van der Waals surface area (Å²) in [5.41, 5.74) is 10.6. The molecule has 2 heterocycles. The molecule has 0 bridgehead atoms. The zero-order valence-electron chi connectivity index (χ0n) is 23.8. The van der Waals surface area contributed by atoms with Crippen LogP contribution in [0.5, 0.6) is 0 Å². The number of aliphatic imine (C=N–C) groups is 1. The van der Waals surface area contributed by atoms with Gasteiger partial charge in [0, 0.05) is 27.5 Å². The molecule has 0 radical (unpaired) electrons. The molecule has 5 aromatic carbocycles. The topological polar surface area (TPSA) is 29.3 Å². The first kappa shape index (κ1) is 24.6. The quantitative estimate of drug-likeness (QED) is 0.237. The largest absolute Gasteiger partial charge is 0.328 e. The Balaban J connectivity index is 1.38. The lowest BCUT2D eigenvalue weighted by atomic mass is 9.87. The SMILES string of the molecule is CC1(C)C=CC2=C1NC(n1c3ccccc3c3ccccc31)=NC2c1cc(-c2ccccc2)cc(-c2ccccc2)c1. The van der Waals surface area contributed by atoms with Crippen molar-refractivity contribution in [3.05, 3.63) is 156 Å². The molecule has 3 heteroatoms. The number of nitrogens with one attached hydrogen (secondary N) is 1. The third-order valence-corrected chi connectivity index (χ3v) is 8.67. The Morgan fingerprint density at radius 3 is 1.71 bits per heavy atom. The van der Waals surface area contributed by atoms with Crippen molar-refractivity contribution in [1.82, 2.24) is 9.88 Å². The van der Waals surface area contributed by atoms with Crippen LogP contribution in [0.3, 0.4) is 0 Å². The van der Waals surface area contributed by atoms with E-state index in [-0.39, 0.29) is 11.5 Å². The van der Waals surface area contributed by atoms with E-state index < -0.39 is 0 Å². The fraction of sp³-hybridized carbons (Fsp3) is 0.103. The number of nitrogens with zero attached hydrogens (tertiary/aromatic N) is 2. The minimum Gasteiger partial charge on any atom is -0.328 e. The van der Waals surface area contributed by atoms with Crippen molar-refractivity contribution in [3.8, 4) is 22.3 Å². The number of benzene rings is 5. The highest BCUT2D eigenvalue weighted by atomic mass is 15.2. The van der Waals surface area contributed by atoms with Gasteiger partial charge in [-0.3, -0.25) is 4.57 Å². The predicted octanol–water partition coefficient (Wildman–Crippen LogP) is 9.53. The van der Waals surface area contributed by atoms with Crippen LogP contribution in [-0.4, -0.2) is 10.5 Å². The number of para-hydroxylation sites is 2. The summed E-state index contributed by atoms with van der Waals surface area (Å²) in [7, 11) is 0. The minimum atomic E-state index is -0.152. The van der Waals surface area contributed by atoms with Crippen LogP contribution in [0.15, 0.2) is 156 Å². The highest BCUT2D eigenvalue weighted by Gasteiger charge is 2.37. The van der Waals surface area contributed by atoms with Gasteiger partial charge in [0.15, 0.2) is 0 Å². The van der Waals surface area contributed by atoms with E-state index in [2.05, 4.69) is 163 Å². The van der Waals surface area contributed by atoms with Crippen LogP contribution < -0.4 is 5.32 Å². The molecule has 0 spiro atoms. The molecule has 0 fully saturated rings. The smallest absolute Gasteiger partial charge is 0.208 e. The van der Waals surface area contributed by atoms with E-state index in [1.807, 2.05) is 0 Å². The molecule has 1 atom stereocenters. The van der Waals surface area contributed by atoms with Gasteiger partial charge in [0.1, 0.15) is 6.04 Å². The zero-order chi connectivity index (χ0) is 28.3. The number of hydrogen-bond acceptors (Lipinski definition) is 2. The average molecular weight is 542 g/mol. The lowest BCUT2D eigenvalue weighted by Gasteiger charge is -2.31. The van der Waals surface area contributed by atoms with Crippen molar-refractivity contribution in [1.29, 1.82) is 0 Å². The molecule has 1 aliphatic heterocycles. The number of fused-ring (bicyclic) bond motifs is 3. The van der Waals surface area contributed by atoms with Gasteiger partial charge in [-0.2, -0.15) is 0 Å². The van der Waals surface area contributed by atoms with Crippen LogP contribution in [0, 0.1) is 5.41 Å². The summed E-state index contributed by atoms with van der Waals surface area (Å²) in [6, 6.07) is 45.4. The van der Waals surface area contributed by atoms with Gasteiger partial charge in [-0.05, 0) is 58.1 Å². The number of rotatable bonds is 3. The van der Waals surface area contributed by atoms with E-state index in [1.165, 1.54) is 49.9 Å². The third kappa shape index (κ3) is 3.93. The Morgan fingerprint density at radius 2 is 1.14 bits per heavy atom. The lowest BCUT2D eigenvalue weighted by Crippen LogP contribution is -2.38. The molecule has 0 saturated heterocycles. The van der Waals surface area contributed by atoms with Gasteiger partial charge in [-0.15, -0.1) is 0 Å². The number of aromatic nitrogens is 1. The van der Waals surface area contributed by atoms with Crippen LogP contribution in [0.25, 0.3) is 44.1 Å². The maximum Gasteiger partial charge on any atom is 0.208 e. The highest BCUT2D eigenvalue weighted by molar-refractivity contribution is 6.14. The van der Waals surface area contributed by atoms with Crippen LogP contribution in [0.1, 0.15) is 25.5 Å². The molecule has 1 N–H and O–H groups in total. The molecule has 202 valence electrons. The second-order valence-electron chi connectivity index (χ2n) is 11.8. The Bertz CT molecular complexity index is 1960. The molecule has 42 heavy (non-hydrogen) atoms. The lowest BCUT2D eigenvalue weighted by molar-refractivity contribution is 0.548. The third-order valence-electron chi connectivity index (χ3n) is 8.67.